The molecule has 2 aromatic rings. The van der Waals surface area contributed by atoms with E-state index in [0.29, 0.717) is 0 Å². The maximum absolute atomic E-state index is 5.81. The van der Waals surface area contributed by atoms with Gasteiger partial charge in [-0.25, -0.2) is 0 Å². The summed E-state index contributed by atoms with van der Waals surface area (Å²) in [4.78, 5) is 0. The molecule has 1 nitrogen and oxygen atoms in total. The molecule has 0 aliphatic carbocycles. The first-order valence-corrected chi connectivity index (χ1v) is 11.0. The lowest BCUT2D eigenvalue weighted by Gasteiger charge is -2.15. The molecule has 0 aromatic heterocycles. The van der Waals surface area contributed by atoms with Crippen molar-refractivity contribution in [1.82, 2.24) is 0 Å². The van der Waals surface area contributed by atoms with Gasteiger partial charge in [0.15, 0.2) is 0 Å². The van der Waals surface area contributed by atoms with Crippen LogP contribution in [0.4, 0.5) is 0 Å². The summed E-state index contributed by atoms with van der Waals surface area (Å²) in [7, 11) is -0.928. The average molecular weight is 284 g/mol. The first kappa shape index (κ1) is 14.9. The average Bonchev–Trinajstić information content (AvgIpc) is 2.44. The Labute approximate surface area is 123 Å². The molecule has 0 atom stereocenters. The molecule has 0 N–H and O–H groups in total. The van der Waals surface area contributed by atoms with Crippen molar-refractivity contribution in [1.29, 1.82) is 0 Å². The fourth-order valence-electron chi connectivity index (χ4n) is 2.17. The highest BCUT2D eigenvalue weighted by Crippen LogP contribution is 2.22. The van der Waals surface area contributed by atoms with Crippen LogP contribution in [0, 0.1) is 0 Å². The molecule has 0 saturated heterocycles. The molecule has 0 saturated carbocycles. The van der Waals surface area contributed by atoms with Crippen LogP contribution in [0.1, 0.15) is 6.42 Å². The highest BCUT2D eigenvalue weighted by molar-refractivity contribution is 6.76. The third-order valence-corrected chi connectivity index (χ3v) is 5.15. The lowest BCUT2D eigenvalue weighted by Crippen LogP contribution is -2.19. The number of rotatable bonds is 6. The Morgan fingerprint density at radius 2 is 1.40 bits per heavy atom. The van der Waals surface area contributed by atoms with E-state index in [1.165, 1.54) is 17.2 Å². The molecule has 0 aliphatic rings. The molecular weight excluding hydrogens is 260 g/mol. The molecule has 0 heterocycles. The van der Waals surface area contributed by atoms with Gasteiger partial charge in [-0.2, -0.15) is 0 Å². The Bertz CT molecular complexity index is 511. The quantitative estimate of drug-likeness (QED) is 0.505. The molecule has 0 unspecified atom stereocenters. The predicted octanol–water partition coefficient (Wildman–Crippen LogP) is 5.46. The smallest absolute Gasteiger partial charge is 0.119 e. The number of ether oxygens (including phenoxy) is 1. The fraction of sp³-hybridized carbons (Fsp3) is 0.333. The summed E-state index contributed by atoms with van der Waals surface area (Å²) in [5.74, 6) is 0.972. The van der Waals surface area contributed by atoms with Gasteiger partial charge in [0, 0.05) is 8.07 Å². The molecule has 0 radical (unpaired) electrons. The SMILES string of the molecule is C[Si](C)(C)CCCOc1ccc(-c2ccccc2)cc1. The fourth-order valence-corrected chi connectivity index (χ4v) is 3.37. The minimum absolute atomic E-state index is 0.828. The van der Waals surface area contributed by atoms with E-state index < -0.39 is 8.07 Å². The van der Waals surface area contributed by atoms with E-state index in [4.69, 9.17) is 4.74 Å². The first-order valence-electron chi connectivity index (χ1n) is 7.33. The third-order valence-electron chi connectivity index (χ3n) is 3.30. The van der Waals surface area contributed by atoms with E-state index in [1.807, 2.05) is 6.07 Å². The molecule has 0 fully saturated rings. The lowest BCUT2D eigenvalue weighted by molar-refractivity contribution is 0.317. The summed E-state index contributed by atoms with van der Waals surface area (Å²) in [5, 5.41) is 0. The van der Waals surface area contributed by atoms with Crippen molar-refractivity contribution in [3.8, 4) is 16.9 Å². The minimum Gasteiger partial charge on any atom is -0.494 e. The van der Waals surface area contributed by atoms with Crippen LogP contribution in [0.25, 0.3) is 11.1 Å². The van der Waals surface area contributed by atoms with E-state index in [0.717, 1.165) is 18.8 Å². The van der Waals surface area contributed by atoms with Crippen LogP contribution in [-0.4, -0.2) is 14.7 Å². The minimum atomic E-state index is -0.928. The monoisotopic (exact) mass is 284 g/mol. The molecule has 106 valence electrons. The van der Waals surface area contributed by atoms with E-state index in [2.05, 4.69) is 68.2 Å². The van der Waals surface area contributed by atoms with Gasteiger partial charge in [0.25, 0.3) is 0 Å². The van der Waals surface area contributed by atoms with Gasteiger partial charge >= 0.3 is 0 Å². The molecule has 2 heteroatoms. The van der Waals surface area contributed by atoms with Crippen molar-refractivity contribution < 1.29 is 4.74 Å². The molecular formula is C18H24OSi. The van der Waals surface area contributed by atoms with Gasteiger partial charge < -0.3 is 4.74 Å². The van der Waals surface area contributed by atoms with Crippen LogP contribution < -0.4 is 4.74 Å². The van der Waals surface area contributed by atoms with E-state index in [-0.39, 0.29) is 0 Å². The molecule has 2 aromatic carbocycles. The van der Waals surface area contributed by atoms with Crippen LogP contribution in [0.2, 0.25) is 25.7 Å². The Morgan fingerprint density at radius 3 is 2.00 bits per heavy atom. The molecule has 20 heavy (non-hydrogen) atoms. The van der Waals surface area contributed by atoms with Crippen LogP contribution in [0.5, 0.6) is 5.75 Å². The summed E-state index contributed by atoms with van der Waals surface area (Å²) in [6, 6.07) is 20.1. The lowest BCUT2D eigenvalue weighted by atomic mass is 10.1. The van der Waals surface area contributed by atoms with Gasteiger partial charge in [0.1, 0.15) is 5.75 Å². The molecule has 0 spiro atoms. The Kier molecular flexibility index (Phi) is 5.02. The van der Waals surface area contributed by atoms with Crippen molar-refractivity contribution in [3.63, 3.8) is 0 Å². The highest BCUT2D eigenvalue weighted by atomic mass is 28.3. The van der Waals surface area contributed by atoms with Gasteiger partial charge in [0.2, 0.25) is 0 Å². The Balaban J connectivity index is 1.86. The summed E-state index contributed by atoms with van der Waals surface area (Å²) in [6.07, 6.45) is 1.16. The molecule has 0 amide bonds. The van der Waals surface area contributed by atoms with Crippen molar-refractivity contribution in [2.75, 3.05) is 6.61 Å². The van der Waals surface area contributed by atoms with Crippen LogP contribution >= 0.6 is 0 Å². The normalized spacial score (nSPS) is 11.3. The second-order valence-electron chi connectivity index (χ2n) is 6.40. The number of benzene rings is 2. The zero-order valence-electron chi connectivity index (χ0n) is 12.7. The first-order chi connectivity index (χ1) is 9.54. The molecule has 0 bridgehead atoms. The Hall–Kier alpha value is -1.54. The van der Waals surface area contributed by atoms with E-state index in [1.54, 1.807) is 0 Å². The van der Waals surface area contributed by atoms with Crippen LogP contribution in [0.15, 0.2) is 54.6 Å². The van der Waals surface area contributed by atoms with Crippen molar-refractivity contribution in [3.05, 3.63) is 54.6 Å². The van der Waals surface area contributed by atoms with Gasteiger partial charge in [-0.3, -0.25) is 0 Å². The number of hydrogen-bond acceptors (Lipinski definition) is 1. The summed E-state index contributed by atoms with van der Waals surface area (Å²) in [5.41, 5.74) is 2.48. The van der Waals surface area contributed by atoms with Crippen LogP contribution in [0.3, 0.4) is 0 Å². The maximum Gasteiger partial charge on any atom is 0.119 e. The van der Waals surface area contributed by atoms with E-state index >= 15 is 0 Å². The highest BCUT2D eigenvalue weighted by Gasteiger charge is 2.11. The summed E-state index contributed by atoms with van der Waals surface area (Å²) in [6.45, 7) is 8.04. The standard InChI is InChI=1S/C18H24OSi/c1-20(2,3)15-7-14-19-18-12-10-17(11-13-18)16-8-5-4-6-9-16/h4-6,8-13H,7,14-15H2,1-3H3. The third kappa shape index (κ3) is 4.86. The van der Waals surface area contributed by atoms with Crippen LogP contribution in [-0.2, 0) is 0 Å². The van der Waals surface area contributed by atoms with Gasteiger partial charge in [-0.05, 0) is 29.7 Å². The number of hydrogen-bond donors (Lipinski definition) is 0. The molecule has 2 rings (SSSR count). The zero-order chi connectivity index (χ0) is 14.4. The summed E-state index contributed by atoms with van der Waals surface area (Å²) < 4.78 is 5.81. The maximum atomic E-state index is 5.81. The second-order valence-corrected chi connectivity index (χ2v) is 12.0. The summed E-state index contributed by atoms with van der Waals surface area (Å²) >= 11 is 0. The van der Waals surface area contributed by atoms with Crippen molar-refractivity contribution in [2.45, 2.75) is 32.1 Å². The largest absolute Gasteiger partial charge is 0.494 e. The predicted molar refractivity (Wildman–Crippen MR) is 90.1 cm³/mol. The van der Waals surface area contributed by atoms with Crippen molar-refractivity contribution in [2.24, 2.45) is 0 Å². The van der Waals surface area contributed by atoms with E-state index in [9.17, 15) is 0 Å². The Morgan fingerprint density at radius 1 is 0.800 bits per heavy atom. The zero-order valence-corrected chi connectivity index (χ0v) is 13.7. The second kappa shape index (κ2) is 6.75. The van der Waals surface area contributed by atoms with Gasteiger partial charge in [-0.1, -0.05) is 68.1 Å². The topological polar surface area (TPSA) is 9.23 Å². The van der Waals surface area contributed by atoms with Crippen molar-refractivity contribution >= 4 is 8.07 Å². The molecule has 0 aliphatic heterocycles. The van der Waals surface area contributed by atoms with Gasteiger partial charge in [0.05, 0.1) is 6.61 Å². The van der Waals surface area contributed by atoms with Gasteiger partial charge in [-0.15, -0.1) is 0 Å².